The number of unbranched alkanes of at least 4 members (excludes halogenated alkanes) is 1. The van der Waals surface area contributed by atoms with E-state index in [1.165, 1.54) is 49.4 Å². The van der Waals surface area contributed by atoms with Crippen molar-refractivity contribution < 1.29 is 13.0 Å². The van der Waals surface area contributed by atoms with Crippen LogP contribution in [0.2, 0.25) is 0 Å². The molecule has 2 aromatic rings. The Kier molecular flexibility index (Phi) is 10.0. The molecule has 1 aliphatic heterocycles. The fraction of sp³-hybridized carbons (Fsp3) is 0.385. The zero-order chi connectivity index (χ0) is 22.7. The Labute approximate surface area is 188 Å². The molecule has 0 bridgehead atoms. The van der Waals surface area contributed by atoms with Gasteiger partial charge >= 0.3 is 0 Å². The second-order valence-corrected chi connectivity index (χ2v) is 9.34. The monoisotopic (exact) mass is 441 g/mol. The van der Waals surface area contributed by atoms with E-state index in [9.17, 15) is 8.42 Å². The van der Waals surface area contributed by atoms with Crippen molar-refractivity contribution in [1.29, 1.82) is 0 Å². The molecule has 1 unspecified atom stereocenters. The molecule has 0 aliphatic carbocycles. The molecule has 1 aliphatic rings. The SMILES string of the molecule is CCCCC(CC)CN1C=CC(c2ccccc2)=CC1.Cc1ccccc1S(=O)(=O)O. The molecule has 4 nitrogen and oxygen atoms in total. The summed E-state index contributed by atoms with van der Waals surface area (Å²) in [5.74, 6) is 0.839. The Hall–Kier alpha value is -2.37. The first-order valence-electron chi connectivity index (χ1n) is 11.1. The summed E-state index contributed by atoms with van der Waals surface area (Å²) in [5, 5.41) is 0. The largest absolute Gasteiger partial charge is 0.373 e. The molecular formula is C26H35NO3S. The minimum atomic E-state index is -4.03. The second-order valence-electron chi connectivity index (χ2n) is 7.95. The number of nitrogens with zero attached hydrogens (tertiary/aromatic N) is 1. The number of benzene rings is 2. The van der Waals surface area contributed by atoms with Gasteiger partial charge in [-0.1, -0.05) is 87.7 Å². The second kappa shape index (κ2) is 12.5. The molecule has 0 aromatic heterocycles. The molecule has 168 valence electrons. The first-order valence-corrected chi connectivity index (χ1v) is 12.5. The van der Waals surface area contributed by atoms with Crippen molar-refractivity contribution in [2.75, 3.05) is 13.1 Å². The van der Waals surface area contributed by atoms with Crippen LogP contribution in [-0.4, -0.2) is 31.0 Å². The van der Waals surface area contributed by atoms with Gasteiger partial charge in [-0.05, 0) is 54.3 Å². The normalized spacial score (nSPS) is 14.5. The van der Waals surface area contributed by atoms with Gasteiger partial charge in [-0.15, -0.1) is 0 Å². The third-order valence-corrected chi connectivity index (χ3v) is 6.54. The van der Waals surface area contributed by atoms with Gasteiger partial charge < -0.3 is 4.90 Å². The number of hydrogen-bond donors (Lipinski definition) is 1. The maximum atomic E-state index is 10.6. The van der Waals surface area contributed by atoms with Crippen LogP contribution in [-0.2, 0) is 10.1 Å². The van der Waals surface area contributed by atoms with Gasteiger partial charge in [0.15, 0.2) is 0 Å². The lowest BCUT2D eigenvalue weighted by atomic mass is 9.98. The third-order valence-electron chi connectivity index (χ3n) is 5.53. The first kappa shape index (κ1) is 24.9. The topological polar surface area (TPSA) is 57.6 Å². The van der Waals surface area contributed by atoms with Crippen molar-refractivity contribution in [3.8, 4) is 0 Å². The number of rotatable bonds is 8. The lowest BCUT2D eigenvalue weighted by Crippen LogP contribution is -2.26. The van der Waals surface area contributed by atoms with Gasteiger partial charge in [0.2, 0.25) is 0 Å². The van der Waals surface area contributed by atoms with E-state index in [-0.39, 0.29) is 4.90 Å². The van der Waals surface area contributed by atoms with E-state index < -0.39 is 10.1 Å². The van der Waals surface area contributed by atoms with Gasteiger partial charge in [0, 0.05) is 13.1 Å². The molecule has 1 heterocycles. The molecule has 0 amide bonds. The third kappa shape index (κ3) is 8.35. The van der Waals surface area contributed by atoms with Crippen LogP contribution in [0.1, 0.15) is 50.7 Å². The zero-order valence-electron chi connectivity index (χ0n) is 18.9. The van der Waals surface area contributed by atoms with Crippen molar-refractivity contribution >= 4 is 15.7 Å². The van der Waals surface area contributed by atoms with Crippen molar-refractivity contribution in [1.82, 2.24) is 4.90 Å². The summed E-state index contributed by atoms with van der Waals surface area (Å²) in [6.07, 6.45) is 12.2. The van der Waals surface area contributed by atoms with Crippen LogP contribution in [0.15, 0.2) is 77.8 Å². The summed E-state index contributed by atoms with van der Waals surface area (Å²) in [6.45, 7) is 8.47. The maximum Gasteiger partial charge on any atom is 0.294 e. The van der Waals surface area contributed by atoms with Crippen molar-refractivity contribution in [3.63, 3.8) is 0 Å². The van der Waals surface area contributed by atoms with E-state index in [1.54, 1.807) is 25.1 Å². The molecule has 3 rings (SSSR count). The van der Waals surface area contributed by atoms with E-state index in [0.29, 0.717) is 5.56 Å². The van der Waals surface area contributed by atoms with E-state index in [1.807, 2.05) is 0 Å². The van der Waals surface area contributed by atoms with Crippen molar-refractivity contribution in [3.05, 3.63) is 84.1 Å². The van der Waals surface area contributed by atoms with Crippen molar-refractivity contribution in [2.24, 2.45) is 5.92 Å². The predicted octanol–water partition coefficient (Wildman–Crippen LogP) is 6.36. The predicted molar refractivity (Wildman–Crippen MR) is 129 cm³/mol. The highest BCUT2D eigenvalue weighted by Crippen LogP contribution is 2.21. The summed E-state index contributed by atoms with van der Waals surface area (Å²) in [6, 6.07) is 16.9. The summed E-state index contributed by atoms with van der Waals surface area (Å²) in [7, 11) is -4.03. The molecular weight excluding hydrogens is 406 g/mol. The van der Waals surface area contributed by atoms with Crippen LogP contribution in [0.3, 0.4) is 0 Å². The minimum absolute atomic E-state index is 0.0278. The summed E-state index contributed by atoms with van der Waals surface area (Å²) >= 11 is 0. The molecule has 0 saturated carbocycles. The van der Waals surface area contributed by atoms with E-state index in [0.717, 1.165) is 12.5 Å². The Morgan fingerprint density at radius 1 is 1.03 bits per heavy atom. The van der Waals surface area contributed by atoms with Gasteiger partial charge in [0.25, 0.3) is 10.1 Å². The van der Waals surface area contributed by atoms with Gasteiger partial charge in [-0.25, -0.2) is 0 Å². The highest BCUT2D eigenvalue weighted by Gasteiger charge is 2.12. The van der Waals surface area contributed by atoms with Gasteiger partial charge in [-0.2, -0.15) is 8.42 Å². The standard InChI is InChI=1S/C19H27N.C7H8O3S/c1-3-5-9-17(4-2)16-20-14-12-19(13-15-20)18-10-7-6-8-11-18;1-6-4-2-3-5-7(6)11(8,9)10/h6-8,10-14,17H,3-5,9,15-16H2,1-2H3;2-5H,1H3,(H,8,9,10). The summed E-state index contributed by atoms with van der Waals surface area (Å²) in [4.78, 5) is 2.43. The van der Waals surface area contributed by atoms with Gasteiger partial charge in [-0.3, -0.25) is 4.55 Å². The smallest absolute Gasteiger partial charge is 0.294 e. The molecule has 0 spiro atoms. The Morgan fingerprint density at radius 2 is 1.71 bits per heavy atom. The molecule has 1 N–H and O–H groups in total. The highest BCUT2D eigenvalue weighted by molar-refractivity contribution is 7.85. The van der Waals surface area contributed by atoms with Crippen LogP contribution in [0.25, 0.3) is 5.57 Å². The number of hydrogen-bond acceptors (Lipinski definition) is 3. The Balaban J connectivity index is 0.000000262. The lowest BCUT2D eigenvalue weighted by molar-refractivity contribution is 0.305. The maximum absolute atomic E-state index is 10.6. The van der Waals surface area contributed by atoms with E-state index in [4.69, 9.17) is 4.55 Å². The van der Waals surface area contributed by atoms with Gasteiger partial charge in [0.1, 0.15) is 0 Å². The van der Waals surface area contributed by atoms with Crippen LogP contribution in [0.5, 0.6) is 0 Å². The average Bonchev–Trinajstić information content (AvgIpc) is 2.77. The molecule has 31 heavy (non-hydrogen) atoms. The Bertz CT molecular complexity index is 965. The van der Waals surface area contributed by atoms with Crippen LogP contribution in [0, 0.1) is 12.8 Å². The first-order chi connectivity index (χ1) is 14.8. The molecule has 0 fully saturated rings. The Morgan fingerprint density at radius 3 is 2.23 bits per heavy atom. The lowest BCUT2D eigenvalue weighted by Gasteiger charge is -2.27. The zero-order valence-corrected chi connectivity index (χ0v) is 19.7. The fourth-order valence-corrected chi connectivity index (χ4v) is 4.33. The molecule has 1 atom stereocenters. The minimum Gasteiger partial charge on any atom is -0.373 e. The van der Waals surface area contributed by atoms with Gasteiger partial charge in [0.05, 0.1) is 4.90 Å². The highest BCUT2D eigenvalue weighted by atomic mass is 32.2. The molecule has 0 saturated heterocycles. The van der Waals surface area contributed by atoms with Crippen molar-refractivity contribution in [2.45, 2.75) is 51.3 Å². The van der Waals surface area contributed by atoms with Crippen LogP contribution in [0.4, 0.5) is 0 Å². The molecule has 0 radical (unpaired) electrons. The average molecular weight is 442 g/mol. The number of aryl methyl sites for hydroxylation is 1. The quantitative estimate of drug-likeness (QED) is 0.484. The molecule has 2 aromatic carbocycles. The summed E-state index contributed by atoms with van der Waals surface area (Å²) in [5.41, 5.74) is 3.22. The fourth-order valence-electron chi connectivity index (χ4n) is 3.61. The van der Waals surface area contributed by atoms with Crippen LogP contribution < -0.4 is 0 Å². The number of allylic oxidation sites excluding steroid dienone is 2. The van der Waals surface area contributed by atoms with E-state index >= 15 is 0 Å². The summed E-state index contributed by atoms with van der Waals surface area (Å²) < 4.78 is 29.9. The van der Waals surface area contributed by atoms with Crippen LogP contribution >= 0.6 is 0 Å². The van der Waals surface area contributed by atoms with E-state index in [2.05, 4.69) is 67.4 Å². The molecule has 5 heteroatoms.